The molecule has 1 fully saturated rings. The van der Waals surface area contributed by atoms with E-state index in [1.165, 1.54) is 0 Å². The summed E-state index contributed by atoms with van der Waals surface area (Å²) in [5.41, 5.74) is -0.0667. The number of anilines is 1. The fourth-order valence-electron chi connectivity index (χ4n) is 2.64. The Bertz CT molecular complexity index is 464. The molecule has 0 radical (unpaired) electrons. The highest BCUT2D eigenvalue weighted by atomic mass is 16.5. The monoisotopic (exact) mass is 233 g/mol. The Kier molecular flexibility index (Phi) is 2.24. The molecule has 0 aromatic heterocycles. The van der Waals surface area contributed by atoms with Gasteiger partial charge in [0.05, 0.1) is 5.69 Å². The second-order valence-corrected chi connectivity index (χ2v) is 4.79. The van der Waals surface area contributed by atoms with Crippen molar-refractivity contribution in [3.05, 3.63) is 18.2 Å². The summed E-state index contributed by atoms with van der Waals surface area (Å²) in [4.78, 5) is 12.1. The van der Waals surface area contributed by atoms with Crippen LogP contribution in [0.2, 0.25) is 0 Å². The topological polar surface area (TPSA) is 58.6 Å². The number of aromatic hydroxyl groups is 1. The molecule has 2 aliphatic rings. The molecule has 0 atom stereocenters. The summed E-state index contributed by atoms with van der Waals surface area (Å²) in [6.07, 6.45) is 4.70. The van der Waals surface area contributed by atoms with Crippen LogP contribution in [0.4, 0.5) is 5.69 Å². The number of amides is 1. The number of nitrogens with one attached hydrogen (secondary N) is 1. The molecular formula is C13H15NO3. The van der Waals surface area contributed by atoms with E-state index in [0.717, 1.165) is 32.1 Å². The Morgan fingerprint density at radius 1 is 1.24 bits per heavy atom. The lowest BCUT2D eigenvalue weighted by Crippen LogP contribution is -2.51. The highest BCUT2D eigenvalue weighted by Crippen LogP contribution is 2.41. The lowest BCUT2D eigenvalue weighted by Gasteiger charge is -2.39. The third-order valence-electron chi connectivity index (χ3n) is 3.59. The van der Waals surface area contributed by atoms with Gasteiger partial charge in [-0.25, -0.2) is 0 Å². The van der Waals surface area contributed by atoms with Crippen LogP contribution in [0.1, 0.15) is 32.1 Å². The van der Waals surface area contributed by atoms with Crippen molar-refractivity contribution in [1.29, 1.82) is 0 Å². The zero-order valence-corrected chi connectivity index (χ0v) is 9.53. The number of rotatable bonds is 0. The lowest BCUT2D eigenvalue weighted by molar-refractivity contribution is -0.135. The molecule has 2 N–H and O–H groups in total. The lowest BCUT2D eigenvalue weighted by atomic mass is 9.83. The number of phenolic OH excluding ortho intramolecular Hbond substituents is 1. The molecule has 4 heteroatoms. The summed E-state index contributed by atoms with van der Waals surface area (Å²) >= 11 is 0. The van der Waals surface area contributed by atoms with E-state index in [4.69, 9.17) is 4.74 Å². The minimum absolute atomic E-state index is 0.0459. The van der Waals surface area contributed by atoms with Gasteiger partial charge in [0.2, 0.25) is 0 Å². The van der Waals surface area contributed by atoms with E-state index in [2.05, 4.69) is 5.32 Å². The van der Waals surface area contributed by atoms with Crippen LogP contribution in [0.5, 0.6) is 11.5 Å². The molecule has 1 aromatic rings. The van der Waals surface area contributed by atoms with E-state index >= 15 is 0 Å². The quantitative estimate of drug-likeness (QED) is 0.676. The van der Waals surface area contributed by atoms with Gasteiger partial charge in [-0.2, -0.15) is 0 Å². The summed E-state index contributed by atoms with van der Waals surface area (Å²) in [5.74, 6) is 0.688. The third-order valence-corrected chi connectivity index (χ3v) is 3.59. The van der Waals surface area contributed by atoms with Crippen molar-refractivity contribution < 1.29 is 14.6 Å². The molecule has 1 spiro atoms. The first-order valence-electron chi connectivity index (χ1n) is 6.03. The van der Waals surface area contributed by atoms with Crippen molar-refractivity contribution in [3.8, 4) is 11.5 Å². The molecule has 1 amide bonds. The number of fused-ring (bicyclic) bond motifs is 1. The maximum atomic E-state index is 12.1. The molecule has 1 aliphatic heterocycles. The zero-order valence-electron chi connectivity index (χ0n) is 9.53. The molecular weight excluding hydrogens is 218 g/mol. The molecule has 1 heterocycles. The highest BCUT2D eigenvalue weighted by molar-refractivity contribution is 6.00. The van der Waals surface area contributed by atoms with Crippen LogP contribution in [-0.2, 0) is 4.79 Å². The second-order valence-electron chi connectivity index (χ2n) is 4.79. The molecule has 1 saturated carbocycles. The van der Waals surface area contributed by atoms with Crippen molar-refractivity contribution in [2.24, 2.45) is 0 Å². The Labute approximate surface area is 99.6 Å². The summed E-state index contributed by atoms with van der Waals surface area (Å²) in [6.45, 7) is 0. The Morgan fingerprint density at radius 3 is 2.76 bits per heavy atom. The van der Waals surface area contributed by atoms with E-state index < -0.39 is 5.60 Å². The highest BCUT2D eigenvalue weighted by Gasteiger charge is 2.45. The van der Waals surface area contributed by atoms with Crippen molar-refractivity contribution in [2.75, 3.05) is 5.32 Å². The molecule has 1 aromatic carbocycles. The molecule has 1 aliphatic carbocycles. The normalized spacial score (nSPS) is 21.5. The largest absolute Gasteiger partial charge is 0.508 e. The number of carbonyl (C=O) groups excluding carboxylic acids is 1. The Balaban J connectivity index is 1.98. The van der Waals surface area contributed by atoms with E-state index in [-0.39, 0.29) is 11.7 Å². The van der Waals surface area contributed by atoms with Crippen LogP contribution in [0, 0.1) is 0 Å². The standard InChI is InChI=1S/C13H15NO3/c15-9-4-5-10-11(8-9)17-13(12(16)14-10)6-2-1-3-7-13/h4-5,8,15H,1-3,6-7H2,(H,14,16). The van der Waals surface area contributed by atoms with Gasteiger partial charge in [0, 0.05) is 6.07 Å². The Hall–Kier alpha value is -1.71. The number of hydrogen-bond donors (Lipinski definition) is 2. The first-order chi connectivity index (χ1) is 8.20. The van der Waals surface area contributed by atoms with E-state index in [1.54, 1.807) is 18.2 Å². The van der Waals surface area contributed by atoms with Gasteiger partial charge in [0.15, 0.2) is 5.60 Å². The first kappa shape index (κ1) is 10.4. The van der Waals surface area contributed by atoms with Gasteiger partial charge in [-0.3, -0.25) is 4.79 Å². The molecule has 0 unspecified atom stereocenters. The summed E-state index contributed by atoms with van der Waals surface area (Å²) in [7, 11) is 0. The molecule has 3 rings (SSSR count). The van der Waals surface area contributed by atoms with Gasteiger partial charge in [-0.15, -0.1) is 0 Å². The number of benzene rings is 1. The van der Waals surface area contributed by atoms with Crippen molar-refractivity contribution >= 4 is 11.6 Å². The summed E-state index contributed by atoms with van der Waals surface area (Å²) < 4.78 is 5.88. The molecule has 0 saturated heterocycles. The maximum absolute atomic E-state index is 12.1. The van der Waals surface area contributed by atoms with Gasteiger partial charge >= 0.3 is 0 Å². The van der Waals surface area contributed by atoms with Gasteiger partial charge in [-0.05, 0) is 37.8 Å². The van der Waals surface area contributed by atoms with Gasteiger partial charge < -0.3 is 15.2 Å². The van der Waals surface area contributed by atoms with Crippen LogP contribution in [0.25, 0.3) is 0 Å². The number of ether oxygens (including phenoxy) is 1. The smallest absolute Gasteiger partial charge is 0.268 e. The minimum Gasteiger partial charge on any atom is -0.508 e. The van der Waals surface area contributed by atoms with E-state index in [1.807, 2.05) is 0 Å². The van der Waals surface area contributed by atoms with Crippen LogP contribution < -0.4 is 10.1 Å². The molecule has 4 nitrogen and oxygen atoms in total. The summed E-state index contributed by atoms with van der Waals surface area (Å²) in [5, 5.41) is 12.3. The van der Waals surface area contributed by atoms with Crippen molar-refractivity contribution in [3.63, 3.8) is 0 Å². The van der Waals surface area contributed by atoms with Crippen LogP contribution in [0.3, 0.4) is 0 Å². The minimum atomic E-state index is -0.709. The SMILES string of the molecule is O=C1Nc2ccc(O)cc2OC12CCCCC2. The summed E-state index contributed by atoms with van der Waals surface area (Å²) in [6, 6.07) is 4.77. The fourth-order valence-corrected chi connectivity index (χ4v) is 2.64. The van der Waals surface area contributed by atoms with Gasteiger partial charge in [-0.1, -0.05) is 6.42 Å². The predicted molar refractivity (Wildman–Crippen MR) is 63.2 cm³/mol. The molecule has 90 valence electrons. The third kappa shape index (κ3) is 1.64. The number of phenols is 1. The van der Waals surface area contributed by atoms with Gasteiger partial charge in [0.25, 0.3) is 5.91 Å². The van der Waals surface area contributed by atoms with Crippen molar-refractivity contribution in [2.45, 2.75) is 37.7 Å². The molecule has 0 bridgehead atoms. The van der Waals surface area contributed by atoms with Crippen LogP contribution >= 0.6 is 0 Å². The van der Waals surface area contributed by atoms with E-state index in [9.17, 15) is 9.90 Å². The Morgan fingerprint density at radius 2 is 2.00 bits per heavy atom. The van der Waals surface area contributed by atoms with Crippen molar-refractivity contribution in [1.82, 2.24) is 0 Å². The second kappa shape index (κ2) is 3.65. The van der Waals surface area contributed by atoms with Crippen LogP contribution in [-0.4, -0.2) is 16.6 Å². The first-order valence-corrected chi connectivity index (χ1v) is 6.03. The zero-order chi connectivity index (χ0) is 11.9. The number of hydrogen-bond acceptors (Lipinski definition) is 3. The van der Waals surface area contributed by atoms with Crippen LogP contribution in [0.15, 0.2) is 18.2 Å². The van der Waals surface area contributed by atoms with Gasteiger partial charge in [0.1, 0.15) is 11.5 Å². The molecule has 17 heavy (non-hydrogen) atoms. The average molecular weight is 233 g/mol. The predicted octanol–water partition coefficient (Wildman–Crippen LogP) is 2.43. The average Bonchev–Trinajstić information content (AvgIpc) is 2.32. The maximum Gasteiger partial charge on any atom is 0.268 e. The number of carbonyl (C=O) groups is 1. The van der Waals surface area contributed by atoms with E-state index in [0.29, 0.717) is 11.4 Å². The fraction of sp³-hybridized carbons (Fsp3) is 0.462.